The van der Waals surface area contributed by atoms with Crippen molar-refractivity contribution in [2.24, 2.45) is 0 Å². The van der Waals surface area contributed by atoms with E-state index in [4.69, 9.17) is 16.3 Å². The molecule has 0 aliphatic heterocycles. The Bertz CT molecular complexity index is 1100. The molecule has 2 unspecified atom stereocenters. The molecule has 3 N–H and O–H groups in total. The molecule has 0 fully saturated rings. The smallest absolute Gasteiger partial charge is 0.408 e. The summed E-state index contributed by atoms with van der Waals surface area (Å²) in [7, 11) is 0. The van der Waals surface area contributed by atoms with Crippen LogP contribution >= 0.6 is 11.6 Å². The van der Waals surface area contributed by atoms with Crippen LogP contribution in [0, 0.1) is 13.8 Å². The number of halogens is 1. The largest absolute Gasteiger partial charge is 0.444 e. The van der Waals surface area contributed by atoms with Crippen molar-refractivity contribution >= 4 is 35.2 Å². The molecule has 8 nitrogen and oxygen atoms in total. The number of unbranched alkanes of at least 4 members (excludes halogenated alkanes) is 2. The number of aliphatic hydroxyl groups is 1. The number of aliphatic hydroxyl groups excluding tert-OH is 1. The zero-order valence-electron chi connectivity index (χ0n) is 23.1. The molecule has 0 aliphatic rings. The molecule has 0 aromatic heterocycles. The molecule has 0 radical (unpaired) electrons. The molecule has 38 heavy (non-hydrogen) atoms. The normalized spacial score (nSPS) is 12.8. The Morgan fingerprint density at radius 2 is 1.68 bits per heavy atom. The summed E-state index contributed by atoms with van der Waals surface area (Å²) in [6.07, 6.45) is 1.54. The number of carbonyl (C=O) groups is 3. The third-order valence-corrected chi connectivity index (χ3v) is 6.29. The fourth-order valence-electron chi connectivity index (χ4n) is 4.06. The zero-order chi connectivity index (χ0) is 28.5. The first-order valence-electron chi connectivity index (χ1n) is 12.9. The van der Waals surface area contributed by atoms with Crippen molar-refractivity contribution < 1.29 is 24.2 Å². The molecule has 0 spiro atoms. The van der Waals surface area contributed by atoms with Gasteiger partial charge in [0.1, 0.15) is 17.7 Å². The zero-order valence-corrected chi connectivity index (χ0v) is 23.9. The molecular formula is C29H40ClN3O5. The van der Waals surface area contributed by atoms with Gasteiger partial charge in [0.15, 0.2) is 0 Å². The number of hydrogen-bond acceptors (Lipinski definition) is 5. The van der Waals surface area contributed by atoms with Crippen LogP contribution in [-0.4, -0.2) is 52.7 Å². The van der Waals surface area contributed by atoms with Gasteiger partial charge >= 0.3 is 6.09 Å². The van der Waals surface area contributed by atoms with Gasteiger partial charge in [0.25, 0.3) is 5.91 Å². The summed E-state index contributed by atoms with van der Waals surface area (Å²) in [6, 6.07) is 10.3. The van der Waals surface area contributed by atoms with Crippen molar-refractivity contribution in [1.29, 1.82) is 0 Å². The Labute approximate surface area is 230 Å². The van der Waals surface area contributed by atoms with E-state index >= 15 is 0 Å². The predicted octanol–water partition coefficient (Wildman–Crippen LogP) is 5.54. The second-order valence-electron chi connectivity index (χ2n) is 10.3. The molecule has 3 amide bonds. The molecule has 0 saturated heterocycles. The Kier molecular flexibility index (Phi) is 11.6. The Morgan fingerprint density at radius 3 is 2.26 bits per heavy atom. The van der Waals surface area contributed by atoms with Crippen LogP contribution in [0.3, 0.4) is 0 Å². The summed E-state index contributed by atoms with van der Waals surface area (Å²) < 4.78 is 5.29. The van der Waals surface area contributed by atoms with Gasteiger partial charge < -0.3 is 25.4 Å². The molecule has 0 bridgehead atoms. The van der Waals surface area contributed by atoms with E-state index < -0.39 is 42.2 Å². The highest BCUT2D eigenvalue weighted by molar-refractivity contribution is 6.34. The molecule has 2 atom stereocenters. The van der Waals surface area contributed by atoms with Crippen molar-refractivity contribution in [3.8, 4) is 0 Å². The average Bonchev–Trinajstić information content (AvgIpc) is 2.83. The Balaban J connectivity index is 2.53. The van der Waals surface area contributed by atoms with Crippen molar-refractivity contribution in [1.82, 2.24) is 10.2 Å². The lowest BCUT2D eigenvalue weighted by molar-refractivity contribution is -0.141. The standard InChI is InChI=1S/C29H40ClN3O5/c1-7-8-11-17-33(27(36)23(18-34)31-28(37)38-29(4,5)6)25(21-15-10-9-13-19(21)2)26(35)32-24-20(3)14-12-16-22(24)30/h9-10,12-16,23,25,34H,7-8,11,17-18H2,1-6H3,(H,31,37)(H,32,35). The second kappa shape index (κ2) is 14.2. The van der Waals surface area contributed by atoms with Gasteiger partial charge in [0, 0.05) is 6.54 Å². The number of nitrogens with one attached hydrogen (secondary N) is 2. The van der Waals surface area contributed by atoms with Crippen LogP contribution < -0.4 is 10.6 Å². The van der Waals surface area contributed by atoms with E-state index in [-0.39, 0.29) is 6.54 Å². The van der Waals surface area contributed by atoms with Crippen molar-refractivity contribution in [3.05, 3.63) is 64.2 Å². The third-order valence-electron chi connectivity index (χ3n) is 5.97. The summed E-state index contributed by atoms with van der Waals surface area (Å²) in [5.41, 5.74) is 1.90. The van der Waals surface area contributed by atoms with Crippen LogP contribution in [0.25, 0.3) is 0 Å². The van der Waals surface area contributed by atoms with Crippen LogP contribution in [0.1, 0.15) is 69.7 Å². The number of hydrogen-bond donors (Lipinski definition) is 3. The van der Waals surface area contributed by atoms with Gasteiger partial charge in [-0.15, -0.1) is 0 Å². The number of anilines is 1. The fraction of sp³-hybridized carbons (Fsp3) is 0.483. The minimum Gasteiger partial charge on any atom is -0.444 e. The topological polar surface area (TPSA) is 108 Å². The highest BCUT2D eigenvalue weighted by Crippen LogP contribution is 2.31. The number of alkyl carbamates (subject to hydrolysis) is 1. The van der Waals surface area contributed by atoms with E-state index in [1.165, 1.54) is 4.90 Å². The quantitative estimate of drug-likeness (QED) is 0.321. The van der Waals surface area contributed by atoms with Crippen molar-refractivity contribution in [2.75, 3.05) is 18.5 Å². The van der Waals surface area contributed by atoms with E-state index in [9.17, 15) is 19.5 Å². The molecule has 2 rings (SSSR count). The first kappa shape index (κ1) is 31.1. The molecular weight excluding hydrogens is 506 g/mol. The average molecular weight is 546 g/mol. The molecule has 0 aliphatic carbocycles. The lowest BCUT2D eigenvalue weighted by Gasteiger charge is -2.35. The lowest BCUT2D eigenvalue weighted by atomic mass is 9.97. The maximum atomic E-state index is 13.9. The van der Waals surface area contributed by atoms with Crippen LogP contribution in [-0.2, 0) is 14.3 Å². The van der Waals surface area contributed by atoms with E-state index in [0.717, 1.165) is 24.0 Å². The van der Waals surface area contributed by atoms with Gasteiger partial charge in [-0.05, 0) is 63.8 Å². The molecule has 2 aromatic rings. The summed E-state index contributed by atoms with van der Waals surface area (Å²) >= 11 is 6.39. The van der Waals surface area contributed by atoms with E-state index in [1.54, 1.807) is 45.0 Å². The fourth-order valence-corrected chi connectivity index (χ4v) is 4.33. The van der Waals surface area contributed by atoms with Gasteiger partial charge in [-0.2, -0.15) is 0 Å². The maximum absolute atomic E-state index is 13.9. The number of benzene rings is 2. The van der Waals surface area contributed by atoms with Crippen molar-refractivity contribution in [3.63, 3.8) is 0 Å². The molecule has 2 aromatic carbocycles. The number of rotatable bonds is 11. The summed E-state index contributed by atoms with van der Waals surface area (Å²) in [4.78, 5) is 41.7. The van der Waals surface area contributed by atoms with Gasteiger partial charge in [-0.1, -0.05) is 67.8 Å². The van der Waals surface area contributed by atoms with Gasteiger partial charge in [-0.3, -0.25) is 9.59 Å². The van der Waals surface area contributed by atoms with Crippen molar-refractivity contribution in [2.45, 2.75) is 78.5 Å². The monoisotopic (exact) mass is 545 g/mol. The summed E-state index contributed by atoms with van der Waals surface area (Å²) in [5, 5.41) is 15.8. The predicted molar refractivity (Wildman–Crippen MR) is 150 cm³/mol. The highest BCUT2D eigenvalue weighted by Gasteiger charge is 2.36. The Hall–Kier alpha value is -3.10. The van der Waals surface area contributed by atoms with Gasteiger partial charge in [0.05, 0.1) is 17.3 Å². The first-order chi connectivity index (χ1) is 17.9. The lowest BCUT2D eigenvalue weighted by Crippen LogP contribution is -2.54. The Morgan fingerprint density at radius 1 is 1.03 bits per heavy atom. The van der Waals surface area contributed by atoms with E-state index in [1.807, 2.05) is 39.0 Å². The number of ether oxygens (including phenoxy) is 1. The van der Waals surface area contributed by atoms with Gasteiger partial charge in [0.2, 0.25) is 5.91 Å². The van der Waals surface area contributed by atoms with Gasteiger partial charge in [-0.25, -0.2) is 4.79 Å². The number of amides is 3. The molecule has 0 saturated carbocycles. The summed E-state index contributed by atoms with van der Waals surface area (Å²) in [6.45, 7) is 10.4. The van der Waals surface area contributed by atoms with E-state index in [0.29, 0.717) is 22.7 Å². The minimum atomic E-state index is -1.30. The molecule has 9 heteroatoms. The maximum Gasteiger partial charge on any atom is 0.408 e. The molecule has 208 valence electrons. The van der Waals surface area contributed by atoms with E-state index in [2.05, 4.69) is 10.6 Å². The number of para-hydroxylation sites is 1. The second-order valence-corrected chi connectivity index (χ2v) is 10.7. The number of carbonyl (C=O) groups excluding carboxylic acids is 3. The summed E-state index contributed by atoms with van der Waals surface area (Å²) in [5.74, 6) is -1.04. The minimum absolute atomic E-state index is 0.243. The molecule has 0 heterocycles. The number of nitrogens with zero attached hydrogens (tertiary/aromatic N) is 1. The third kappa shape index (κ3) is 8.74. The van der Waals surface area contributed by atoms with Crippen LogP contribution in [0.4, 0.5) is 10.5 Å². The van der Waals surface area contributed by atoms with Crippen LogP contribution in [0.5, 0.6) is 0 Å². The highest BCUT2D eigenvalue weighted by atomic mass is 35.5. The van der Waals surface area contributed by atoms with Crippen LogP contribution in [0.15, 0.2) is 42.5 Å². The number of aryl methyl sites for hydroxylation is 2. The first-order valence-corrected chi connectivity index (χ1v) is 13.3. The van der Waals surface area contributed by atoms with Crippen LogP contribution in [0.2, 0.25) is 5.02 Å². The SMILES string of the molecule is CCCCCN(C(=O)C(CO)NC(=O)OC(C)(C)C)C(C(=O)Nc1c(C)cccc1Cl)c1ccccc1C.